The second kappa shape index (κ2) is 4.65. The minimum absolute atomic E-state index is 0.467. The summed E-state index contributed by atoms with van der Waals surface area (Å²) in [6.07, 6.45) is 1.20. The van der Waals surface area contributed by atoms with Crippen LogP contribution in [-0.4, -0.2) is 11.1 Å². The van der Waals surface area contributed by atoms with Crippen molar-refractivity contribution in [1.29, 1.82) is 0 Å². The van der Waals surface area contributed by atoms with Crippen LogP contribution in [-0.2, 0) is 4.79 Å². The largest absolute Gasteiger partial charge is 0.478 e. The molecule has 0 spiro atoms. The van der Waals surface area contributed by atoms with Gasteiger partial charge in [-0.05, 0) is 41.3 Å². The minimum Gasteiger partial charge on any atom is -0.478 e. The Balaban J connectivity index is 2.41. The fourth-order valence-electron chi connectivity index (χ4n) is 2.58. The third-order valence-corrected chi connectivity index (χ3v) is 3.86. The summed E-state index contributed by atoms with van der Waals surface area (Å²) in [6.45, 7) is 1.97. The molecule has 0 fully saturated rings. The highest BCUT2D eigenvalue weighted by Crippen LogP contribution is 2.48. The van der Waals surface area contributed by atoms with Crippen LogP contribution in [0.2, 0.25) is 10.0 Å². The molecule has 0 unspecified atom stereocenters. The highest BCUT2D eigenvalue weighted by molar-refractivity contribution is 6.37. The van der Waals surface area contributed by atoms with Crippen molar-refractivity contribution in [2.75, 3.05) is 0 Å². The second-order valence-electron chi connectivity index (χ2n) is 4.76. The molecule has 0 amide bonds. The molecule has 0 saturated heterocycles. The lowest BCUT2D eigenvalue weighted by molar-refractivity contribution is -0.131. The molecule has 100 valence electrons. The van der Waals surface area contributed by atoms with Crippen LogP contribution in [0.15, 0.2) is 36.4 Å². The molecule has 0 saturated carbocycles. The number of rotatable bonds is 1. The lowest BCUT2D eigenvalue weighted by atomic mass is 10.0. The number of carboxylic acids is 1. The van der Waals surface area contributed by atoms with E-state index in [1.54, 1.807) is 6.07 Å². The van der Waals surface area contributed by atoms with Crippen molar-refractivity contribution in [2.24, 2.45) is 0 Å². The van der Waals surface area contributed by atoms with Gasteiger partial charge in [-0.15, -0.1) is 0 Å². The zero-order valence-electron chi connectivity index (χ0n) is 10.6. The number of fused-ring (bicyclic) bond motifs is 3. The summed E-state index contributed by atoms with van der Waals surface area (Å²) < 4.78 is 0. The third-order valence-electron chi connectivity index (χ3n) is 3.35. The van der Waals surface area contributed by atoms with E-state index in [9.17, 15) is 4.79 Å². The van der Waals surface area contributed by atoms with Gasteiger partial charge in [0.1, 0.15) is 0 Å². The molecule has 1 aliphatic rings. The highest BCUT2D eigenvalue weighted by atomic mass is 35.5. The number of benzene rings is 2. The van der Waals surface area contributed by atoms with Crippen LogP contribution in [0.1, 0.15) is 16.7 Å². The summed E-state index contributed by atoms with van der Waals surface area (Å²) in [5.41, 5.74) is 5.15. The first-order chi connectivity index (χ1) is 9.47. The van der Waals surface area contributed by atoms with Gasteiger partial charge in [0.25, 0.3) is 0 Å². The molecule has 1 N–H and O–H groups in total. The van der Waals surface area contributed by atoms with Gasteiger partial charge in [0.2, 0.25) is 0 Å². The molecule has 3 rings (SSSR count). The Morgan fingerprint density at radius 2 is 1.85 bits per heavy atom. The molecule has 0 atom stereocenters. The Bertz CT molecular complexity index is 776. The highest BCUT2D eigenvalue weighted by Gasteiger charge is 2.27. The van der Waals surface area contributed by atoms with E-state index in [0.717, 1.165) is 27.8 Å². The van der Waals surface area contributed by atoms with Crippen molar-refractivity contribution in [3.05, 3.63) is 63.1 Å². The fourth-order valence-corrected chi connectivity index (χ4v) is 3.18. The summed E-state index contributed by atoms with van der Waals surface area (Å²) >= 11 is 12.3. The molecular formula is C16H10Cl2O2. The summed E-state index contributed by atoms with van der Waals surface area (Å²) in [7, 11) is 0. The lowest BCUT2D eigenvalue weighted by Crippen LogP contribution is -1.92. The predicted octanol–water partition coefficient (Wildman–Crippen LogP) is 4.80. The van der Waals surface area contributed by atoms with E-state index in [2.05, 4.69) is 0 Å². The van der Waals surface area contributed by atoms with E-state index in [-0.39, 0.29) is 0 Å². The van der Waals surface area contributed by atoms with Gasteiger partial charge in [-0.1, -0.05) is 47.0 Å². The van der Waals surface area contributed by atoms with E-state index in [1.807, 2.05) is 31.2 Å². The van der Waals surface area contributed by atoms with E-state index in [0.29, 0.717) is 15.6 Å². The summed E-state index contributed by atoms with van der Waals surface area (Å²) in [6, 6.07) is 9.38. The van der Waals surface area contributed by atoms with Gasteiger partial charge in [-0.2, -0.15) is 0 Å². The normalized spacial score (nSPS) is 14.2. The van der Waals surface area contributed by atoms with Crippen molar-refractivity contribution in [3.8, 4) is 11.1 Å². The van der Waals surface area contributed by atoms with Gasteiger partial charge in [0.05, 0.1) is 5.02 Å². The Morgan fingerprint density at radius 1 is 1.10 bits per heavy atom. The summed E-state index contributed by atoms with van der Waals surface area (Å²) in [4.78, 5) is 11.1. The number of aliphatic carboxylic acids is 1. The molecule has 0 radical (unpaired) electrons. The van der Waals surface area contributed by atoms with Crippen molar-refractivity contribution in [1.82, 2.24) is 0 Å². The molecule has 2 aromatic carbocycles. The molecule has 0 heterocycles. The predicted molar refractivity (Wildman–Crippen MR) is 81.3 cm³/mol. The number of carbonyl (C=O) groups is 1. The first-order valence-electron chi connectivity index (χ1n) is 6.03. The summed E-state index contributed by atoms with van der Waals surface area (Å²) in [5, 5.41) is 10.1. The van der Waals surface area contributed by atoms with Gasteiger partial charge in [0.15, 0.2) is 0 Å². The molecule has 4 heteroatoms. The molecule has 2 nitrogen and oxygen atoms in total. The Morgan fingerprint density at radius 3 is 2.55 bits per heavy atom. The number of aryl methyl sites for hydroxylation is 1. The molecule has 0 aliphatic heterocycles. The average molecular weight is 305 g/mol. The molecule has 0 bridgehead atoms. The molecular weight excluding hydrogens is 295 g/mol. The van der Waals surface area contributed by atoms with Gasteiger partial charge < -0.3 is 5.11 Å². The maximum atomic E-state index is 11.1. The first kappa shape index (κ1) is 13.2. The van der Waals surface area contributed by atoms with Gasteiger partial charge in [-0.3, -0.25) is 0 Å². The standard InChI is InChI=1S/C16H10Cl2O2/c1-8-2-3-10-11(4-8)13(7-15(19)20)16-12(10)5-9(17)6-14(16)18/h2-7H,1H3,(H,19,20)/b13-7+. The lowest BCUT2D eigenvalue weighted by Gasteiger charge is -2.05. The molecule has 0 aromatic heterocycles. The summed E-state index contributed by atoms with van der Waals surface area (Å²) in [5.74, 6) is -0.994. The van der Waals surface area contributed by atoms with E-state index in [1.165, 1.54) is 6.08 Å². The van der Waals surface area contributed by atoms with Crippen LogP contribution in [0, 0.1) is 6.92 Å². The third kappa shape index (κ3) is 2.01. The smallest absolute Gasteiger partial charge is 0.328 e. The molecule has 1 aliphatic carbocycles. The number of halogens is 2. The molecule has 2 aromatic rings. The van der Waals surface area contributed by atoms with Crippen molar-refractivity contribution >= 4 is 34.7 Å². The minimum atomic E-state index is -0.994. The fraction of sp³-hybridized carbons (Fsp3) is 0.0625. The van der Waals surface area contributed by atoms with Crippen LogP contribution in [0.4, 0.5) is 0 Å². The maximum absolute atomic E-state index is 11.1. The topological polar surface area (TPSA) is 37.3 Å². The van der Waals surface area contributed by atoms with Crippen LogP contribution in [0.25, 0.3) is 16.7 Å². The van der Waals surface area contributed by atoms with Crippen LogP contribution < -0.4 is 0 Å². The van der Waals surface area contributed by atoms with Crippen LogP contribution in [0.3, 0.4) is 0 Å². The maximum Gasteiger partial charge on any atom is 0.328 e. The van der Waals surface area contributed by atoms with Crippen molar-refractivity contribution in [2.45, 2.75) is 6.92 Å². The Labute approximate surface area is 126 Å². The van der Waals surface area contributed by atoms with Gasteiger partial charge in [-0.25, -0.2) is 4.79 Å². The monoisotopic (exact) mass is 304 g/mol. The van der Waals surface area contributed by atoms with Crippen molar-refractivity contribution < 1.29 is 9.90 Å². The number of carboxylic acid groups (broad SMARTS) is 1. The zero-order valence-corrected chi connectivity index (χ0v) is 12.1. The molecule has 20 heavy (non-hydrogen) atoms. The number of hydrogen-bond donors (Lipinski definition) is 1. The van der Waals surface area contributed by atoms with E-state index in [4.69, 9.17) is 28.3 Å². The second-order valence-corrected chi connectivity index (χ2v) is 5.60. The van der Waals surface area contributed by atoms with E-state index >= 15 is 0 Å². The SMILES string of the molecule is Cc1ccc2c(c1)/C(=C\C(=O)O)c1c(Cl)cc(Cl)cc1-2. The average Bonchev–Trinajstić information content (AvgIpc) is 2.63. The Hall–Kier alpha value is -1.77. The zero-order chi connectivity index (χ0) is 14.4. The van der Waals surface area contributed by atoms with Gasteiger partial charge in [0, 0.05) is 16.7 Å². The number of hydrogen-bond acceptors (Lipinski definition) is 1. The van der Waals surface area contributed by atoms with Gasteiger partial charge >= 0.3 is 5.97 Å². The van der Waals surface area contributed by atoms with Crippen LogP contribution in [0.5, 0.6) is 0 Å². The first-order valence-corrected chi connectivity index (χ1v) is 6.78. The van der Waals surface area contributed by atoms with E-state index < -0.39 is 5.97 Å². The quantitative estimate of drug-likeness (QED) is 0.656. The van der Waals surface area contributed by atoms with Crippen molar-refractivity contribution in [3.63, 3.8) is 0 Å². The van der Waals surface area contributed by atoms with Crippen LogP contribution >= 0.6 is 23.2 Å². The Kier molecular flexibility index (Phi) is 3.08.